The van der Waals surface area contributed by atoms with Crippen LogP contribution in [0.2, 0.25) is 0 Å². The second kappa shape index (κ2) is 6.35. The third-order valence-corrected chi connectivity index (χ3v) is 5.59. The Hall–Kier alpha value is -1.13. The van der Waals surface area contributed by atoms with Crippen LogP contribution >= 0.6 is 15.9 Å². The van der Waals surface area contributed by atoms with E-state index >= 15 is 0 Å². The van der Waals surface area contributed by atoms with E-state index in [4.69, 9.17) is 0 Å². The minimum Gasteiger partial charge on any atom is -0.224 e. The van der Waals surface area contributed by atoms with Gasteiger partial charge in [0.2, 0.25) is 0 Å². The molecule has 0 bridgehead atoms. The van der Waals surface area contributed by atoms with Gasteiger partial charge in [-0.1, -0.05) is 64.5 Å². The predicted molar refractivity (Wildman–Crippen MR) is 81.5 cm³/mol. The number of alkyl halides is 1. The van der Waals surface area contributed by atoms with Gasteiger partial charge >= 0.3 is 0 Å². The predicted octanol–water partition coefficient (Wildman–Crippen LogP) is 3.64. The molecule has 0 heterocycles. The SMILES string of the molecule is O=S(=O)(CC(CBr)c1ccccc1)c1ccccc1. The molecule has 1 unspecified atom stereocenters. The van der Waals surface area contributed by atoms with E-state index in [1.807, 2.05) is 36.4 Å². The molecule has 0 saturated heterocycles. The van der Waals surface area contributed by atoms with Crippen LogP contribution in [0.15, 0.2) is 65.6 Å². The molecule has 0 saturated carbocycles. The highest BCUT2D eigenvalue weighted by molar-refractivity contribution is 9.09. The third kappa shape index (κ3) is 3.67. The molecule has 100 valence electrons. The molecule has 2 rings (SSSR count). The highest BCUT2D eigenvalue weighted by Crippen LogP contribution is 2.23. The van der Waals surface area contributed by atoms with E-state index in [1.165, 1.54) is 0 Å². The van der Waals surface area contributed by atoms with E-state index in [2.05, 4.69) is 15.9 Å². The first-order valence-electron chi connectivity index (χ1n) is 6.02. The Morgan fingerprint density at radius 1 is 0.895 bits per heavy atom. The average Bonchev–Trinajstić information content (AvgIpc) is 2.47. The zero-order valence-corrected chi connectivity index (χ0v) is 12.8. The summed E-state index contributed by atoms with van der Waals surface area (Å²) < 4.78 is 24.7. The second-order valence-corrected chi connectivity index (χ2v) is 7.04. The number of hydrogen-bond acceptors (Lipinski definition) is 2. The molecule has 0 aromatic heterocycles. The highest BCUT2D eigenvalue weighted by Gasteiger charge is 2.21. The first-order valence-corrected chi connectivity index (χ1v) is 8.79. The Morgan fingerprint density at radius 3 is 1.95 bits per heavy atom. The molecule has 0 aliphatic heterocycles. The van der Waals surface area contributed by atoms with Crippen LogP contribution in [0.5, 0.6) is 0 Å². The average molecular weight is 339 g/mol. The molecule has 4 heteroatoms. The van der Waals surface area contributed by atoms with Gasteiger partial charge < -0.3 is 0 Å². The number of benzene rings is 2. The maximum atomic E-state index is 12.4. The fourth-order valence-electron chi connectivity index (χ4n) is 1.94. The summed E-state index contributed by atoms with van der Waals surface area (Å²) in [6, 6.07) is 18.3. The Labute approximate surface area is 122 Å². The van der Waals surface area contributed by atoms with Crippen molar-refractivity contribution in [1.82, 2.24) is 0 Å². The van der Waals surface area contributed by atoms with Crippen molar-refractivity contribution < 1.29 is 8.42 Å². The van der Waals surface area contributed by atoms with Gasteiger partial charge in [-0.25, -0.2) is 8.42 Å². The number of hydrogen-bond donors (Lipinski definition) is 0. The van der Waals surface area contributed by atoms with Gasteiger partial charge in [0.1, 0.15) is 0 Å². The zero-order valence-electron chi connectivity index (χ0n) is 10.4. The normalized spacial score (nSPS) is 13.1. The van der Waals surface area contributed by atoms with Crippen LogP contribution < -0.4 is 0 Å². The molecular formula is C15H15BrO2S. The van der Waals surface area contributed by atoms with Gasteiger partial charge in [-0.2, -0.15) is 0 Å². The summed E-state index contributed by atoms with van der Waals surface area (Å²) >= 11 is 3.41. The molecule has 0 radical (unpaired) electrons. The maximum absolute atomic E-state index is 12.4. The van der Waals surface area contributed by atoms with Crippen LogP contribution in [-0.2, 0) is 9.84 Å². The van der Waals surface area contributed by atoms with Crippen LogP contribution in [0.4, 0.5) is 0 Å². The molecule has 0 fully saturated rings. The Balaban J connectivity index is 2.24. The van der Waals surface area contributed by atoms with Crippen molar-refractivity contribution in [2.24, 2.45) is 0 Å². The largest absolute Gasteiger partial charge is 0.224 e. The second-order valence-electron chi connectivity index (χ2n) is 4.36. The van der Waals surface area contributed by atoms with Crippen molar-refractivity contribution in [3.8, 4) is 0 Å². The summed E-state index contributed by atoms with van der Waals surface area (Å²) in [5.74, 6) is 0.0816. The molecule has 2 nitrogen and oxygen atoms in total. The van der Waals surface area contributed by atoms with Gasteiger partial charge in [-0.05, 0) is 17.7 Å². The first-order chi connectivity index (χ1) is 9.13. The molecule has 0 spiro atoms. The minimum absolute atomic E-state index is 0.0357. The molecular weight excluding hydrogens is 324 g/mol. The topological polar surface area (TPSA) is 34.1 Å². The van der Waals surface area contributed by atoms with E-state index < -0.39 is 9.84 Å². The molecule has 0 aliphatic rings. The summed E-state index contributed by atoms with van der Waals surface area (Å²) in [6.07, 6.45) is 0. The van der Waals surface area contributed by atoms with Gasteiger partial charge in [-0.3, -0.25) is 0 Å². The summed E-state index contributed by atoms with van der Waals surface area (Å²) in [5.41, 5.74) is 1.04. The lowest BCUT2D eigenvalue weighted by molar-refractivity contribution is 0.591. The molecule has 1 atom stereocenters. The summed E-state index contributed by atoms with van der Waals surface area (Å²) in [6.45, 7) is 0. The van der Waals surface area contributed by atoms with Gasteiger partial charge in [0.15, 0.2) is 9.84 Å². The highest BCUT2D eigenvalue weighted by atomic mass is 79.9. The minimum atomic E-state index is -3.25. The van der Waals surface area contributed by atoms with Crippen molar-refractivity contribution in [1.29, 1.82) is 0 Å². The van der Waals surface area contributed by atoms with Crippen molar-refractivity contribution in [2.75, 3.05) is 11.1 Å². The molecule has 0 aliphatic carbocycles. The van der Waals surface area contributed by atoms with Crippen molar-refractivity contribution in [2.45, 2.75) is 10.8 Å². The monoisotopic (exact) mass is 338 g/mol. The van der Waals surface area contributed by atoms with Crippen molar-refractivity contribution in [3.63, 3.8) is 0 Å². The van der Waals surface area contributed by atoms with Gasteiger partial charge in [0.25, 0.3) is 0 Å². The number of halogens is 1. The fraction of sp³-hybridized carbons (Fsp3) is 0.200. The number of sulfone groups is 1. The van der Waals surface area contributed by atoms with Crippen LogP contribution in [0.25, 0.3) is 0 Å². The summed E-state index contributed by atoms with van der Waals surface area (Å²) in [7, 11) is -3.25. The van der Waals surface area contributed by atoms with Crippen molar-refractivity contribution in [3.05, 3.63) is 66.2 Å². The lowest BCUT2D eigenvalue weighted by Crippen LogP contribution is -2.16. The standard InChI is InChI=1S/C15H15BrO2S/c16-11-14(13-7-3-1-4-8-13)12-19(17,18)15-9-5-2-6-10-15/h1-10,14H,11-12H2. The Kier molecular flexibility index (Phi) is 4.77. The van der Waals surface area contributed by atoms with E-state index in [9.17, 15) is 8.42 Å². The molecule has 2 aromatic rings. The molecule has 0 N–H and O–H groups in total. The molecule has 2 aromatic carbocycles. The van der Waals surface area contributed by atoms with Crippen LogP contribution in [0.1, 0.15) is 11.5 Å². The van der Waals surface area contributed by atoms with Crippen molar-refractivity contribution >= 4 is 25.8 Å². The molecule has 0 amide bonds. The van der Waals surface area contributed by atoms with E-state index in [0.29, 0.717) is 10.2 Å². The van der Waals surface area contributed by atoms with E-state index in [0.717, 1.165) is 5.56 Å². The smallest absolute Gasteiger partial charge is 0.179 e. The summed E-state index contributed by atoms with van der Waals surface area (Å²) in [4.78, 5) is 0.386. The number of rotatable bonds is 5. The third-order valence-electron chi connectivity index (χ3n) is 2.98. The summed E-state index contributed by atoms with van der Waals surface area (Å²) in [5, 5.41) is 0.628. The van der Waals surface area contributed by atoms with E-state index in [1.54, 1.807) is 24.3 Å². The van der Waals surface area contributed by atoms with Gasteiger partial charge in [0, 0.05) is 11.2 Å². The Bertz CT molecular complexity index is 609. The van der Waals surface area contributed by atoms with E-state index in [-0.39, 0.29) is 11.7 Å². The zero-order chi connectivity index (χ0) is 13.7. The lowest BCUT2D eigenvalue weighted by Gasteiger charge is -2.14. The van der Waals surface area contributed by atoms with Gasteiger partial charge in [-0.15, -0.1) is 0 Å². The fourth-order valence-corrected chi connectivity index (χ4v) is 4.45. The molecule has 19 heavy (non-hydrogen) atoms. The first kappa shape index (κ1) is 14.3. The van der Waals surface area contributed by atoms with Crippen LogP contribution in [-0.4, -0.2) is 19.5 Å². The quantitative estimate of drug-likeness (QED) is 0.780. The lowest BCUT2D eigenvalue weighted by atomic mass is 10.0. The Morgan fingerprint density at radius 2 is 1.42 bits per heavy atom. The maximum Gasteiger partial charge on any atom is 0.179 e. The van der Waals surface area contributed by atoms with Crippen LogP contribution in [0, 0.1) is 0 Å². The van der Waals surface area contributed by atoms with Gasteiger partial charge in [0.05, 0.1) is 10.6 Å². The van der Waals surface area contributed by atoms with Crippen LogP contribution in [0.3, 0.4) is 0 Å².